The van der Waals surface area contributed by atoms with Crippen molar-refractivity contribution in [1.82, 2.24) is 0 Å². The van der Waals surface area contributed by atoms with Crippen LogP contribution in [0.15, 0.2) is 46.9 Å². The lowest BCUT2D eigenvalue weighted by molar-refractivity contribution is -0.385. The van der Waals surface area contributed by atoms with Crippen molar-refractivity contribution in [2.45, 2.75) is 0 Å². The van der Waals surface area contributed by atoms with Gasteiger partial charge in [-0.05, 0) is 34.1 Å². The van der Waals surface area contributed by atoms with E-state index in [0.717, 1.165) is 0 Å². The average molecular weight is 329 g/mol. The summed E-state index contributed by atoms with van der Waals surface area (Å²) in [5, 5.41) is 11.3. The van der Waals surface area contributed by atoms with Crippen LogP contribution in [-0.2, 0) is 0 Å². The number of benzene rings is 2. The molecule has 92 valence electrons. The van der Waals surface area contributed by atoms with Gasteiger partial charge in [0.25, 0.3) is 0 Å². The third-order valence-corrected chi connectivity index (χ3v) is 3.07. The molecule has 0 radical (unpaired) electrons. The highest BCUT2D eigenvalue weighted by Crippen LogP contribution is 2.36. The molecule has 0 aromatic heterocycles. The second-order valence-electron chi connectivity index (χ2n) is 3.40. The Morgan fingerprint density at radius 1 is 1.17 bits per heavy atom. The minimum absolute atomic E-state index is 0.111. The van der Waals surface area contributed by atoms with Gasteiger partial charge in [0.05, 0.1) is 9.40 Å². The molecule has 0 heterocycles. The van der Waals surface area contributed by atoms with E-state index >= 15 is 0 Å². The summed E-state index contributed by atoms with van der Waals surface area (Å²) in [5.74, 6) is 0.599. The number of ether oxygens (including phenoxy) is 1. The van der Waals surface area contributed by atoms with Crippen molar-refractivity contribution >= 4 is 33.2 Å². The molecule has 6 heteroatoms. The maximum absolute atomic E-state index is 10.9. The highest BCUT2D eigenvalue weighted by atomic mass is 79.9. The molecule has 0 bridgehead atoms. The quantitative estimate of drug-likeness (QED) is 0.600. The van der Waals surface area contributed by atoms with Gasteiger partial charge in [0.15, 0.2) is 0 Å². The van der Waals surface area contributed by atoms with E-state index in [1.165, 1.54) is 18.2 Å². The van der Waals surface area contributed by atoms with E-state index in [4.69, 9.17) is 16.3 Å². The Morgan fingerprint density at radius 3 is 2.56 bits per heavy atom. The molecule has 0 spiro atoms. The molecule has 0 aliphatic heterocycles. The monoisotopic (exact) mass is 327 g/mol. The smallest absolute Gasteiger partial charge is 0.311 e. The summed E-state index contributed by atoms with van der Waals surface area (Å²) in [5.41, 5.74) is -0.129. The van der Waals surface area contributed by atoms with Crippen molar-refractivity contribution in [3.05, 3.63) is 62.1 Å². The number of hydrogen-bond donors (Lipinski definition) is 0. The van der Waals surface area contributed by atoms with Crippen LogP contribution in [0.4, 0.5) is 5.69 Å². The number of hydrogen-bond acceptors (Lipinski definition) is 3. The fraction of sp³-hybridized carbons (Fsp3) is 0. The van der Waals surface area contributed by atoms with Gasteiger partial charge in [-0.25, -0.2) is 0 Å². The predicted octanol–water partition coefficient (Wildman–Crippen LogP) is 4.80. The van der Waals surface area contributed by atoms with Crippen molar-refractivity contribution in [1.29, 1.82) is 0 Å². The number of halogens is 2. The first-order valence-corrected chi connectivity index (χ1v) is 6.11. The maximum atomic E-state index is 10.9. The number of nitro groups is 1. The Labute approximate surface area is 116 Å². The fourth-order valence-electron chi connectivity index (χ4n) is 1.37. The van der Waals surface area contributed by atoms with Crippen LogP contribution < -0.4 is 4.74 Å². The van der Waals surface area contributed by atoms with Crippen molar-refractivity contribution < 1.29 is 9.66 Å². The number of rotatable bonds is 3. The summed E-state index contributed by atoms with van der Waals surface area (Å²) >= 11 is 9.12. The Morgan fingerprint density at radius 2 is 1.89 bits per heavy atom. The van der Waals surface area contributed by atoms with Crippen molar-refractivity contribution in [2.75, 3.05) is 0 Å². The average Bonchev–Trinajstić information content (AvgIpc) is 2.32. The zero-order valence-electron chi connectivity index (χ0n) is 8.97. The highest BCUT2D eigenvalue weighted by molar-refractivity contribution is 9.10. The van der Waals surface area contributed by atoms with E-state index in [1.807, 2.05) is 6.07 Å². The number of nitrogens with zero attached hydrogens (tertiary/aromatic N) is 1. The SMILES string of the molecule is O=[N+]([O-])c1ccc(Cl)cc1Oc1ccccc1Br. The van der Waals surface area contributed by atoms with Crippen LogP contribution in [0, 0.1) is 10.1 Å². The first-order valence-electron chi connectivity index (χ1n) is 4.94. The maximum Gasteiger partial charge on any atom is 0.311 e. The lowest BCUT2D eigenvalue weighted by Crippen LogP contribution is -1.93. The lowest BCUT2D eigenvalue weighted by atomic mass is 10.3. The highest BCUT2D eigenvalue weighted by Gasteiger charge is 2.16. The third kappa shape index (κ3) is 2.80. The van der Waals surface area contributed by atoms with E-state index in [9.17, 15) is 10.1 Å². The molecular weight excluding hydrogens is 321 g/mol. The predicted molar refractivity (Wildman–Crippen MR) is 72.3 cm³/mol. The minimum Gasteiger partial charge on any atom is -0.449 e. The van der Waals surface area contributed by atoms with E-state index in [2.05, 4.69) is 15.9 Å². The molecule has 0 aliphatic carbocycles. The van der Waals surface area contributed by atoms with Gasteiger partial charge < -0.3 is 4.74 Å². The summed E-state index contributed by atoms with van der Waals surface area (Å²) in [6, 6.07) is 11.3. The van der Waals surface area contributed by atoms with Crippen molar-refractivity contribution in [3.8, 4) is 11.5 Å². The molecule has 0 saturated heterocycles. The van der Waals surface area contributed by atoms with Crippen LogP contribution >= 0.6 is 27.5 Å². The van der Waals surface area contributed by atoms with E-state index in [0.29, 0.717) is 15.2 Å². The number of para-hydroxylation sites is 1. The summed E-state index contributed by atoms with van der Waals surface area (Å²) < 4.78 is 6.22. The summed E-state index contributed by atoms with van der Waals surface area (Å²) in [7, 11) is 0. The van der Waals surface area contributed by atoms with E-state index in [-0.39, 0.29) is 11.4 Å². The van der Waals surface area contributed by atoms with Crippen LogP contribution in [0.2, 0.25) is 5.02 Å². The van der Waals surface area contributed by atoms with Gasteiger partial charge in [-0.1, -0.05) is 23.7 Å². The molecule has 0 atom stereocenters. The molecule has 0 N–H and O–H groups in total. The Kier molecular flexibility index (Phi) is 3.84. The molecule has 2 aromatic carbocycles. The lowest BCUT2D eigenvalue weighted by Gasteiger charge is -2.08. The van der Waals surface area contributed by atoms with Crippen LogP contribution in [0.3, 0.4) is 0 Å². The number of nitro benzene ring substituents is 1. The molecule has 0 amide bonds. The van der Waals surface area contributed by atoms with Gasteiger partial charge >= 0.3 is 5.69 Å². The summed E-state index contributed by atoms with van der Waals surface area (Å²) in [6.45, 7) is 0. The summed E-state index contributed by atoms with van der Waals surface area (Å²) in [6.07, 6.45) is 0. The van der Waals surface area contributed by atoms with Crippen LogP contribution in [-0.4, -0.2) is 4.92 Å². The molecule has 2 aromatic rings. The van der Waals surface area contributed by atoms with Gasteiger partial charge in [-0.2, -0.15) is 0 Å². The van der Waals surface area contributed by atoms with Crippen molar-refractivity contribution in [3.63, 3.8) is 0 Å². The van der Waals surface area contributed by atoms with Crippen LogP contribution in [0.25, 0.3) is 0 Å². The third-order valence-electron chi connectivity index (χ3n) is 2.18. The first-order chi connectivity index (χ1) is 8.58. The van der Waals surface area contributed by atoms with Gasteiger partial charge in [0.1, 0.15) is 5.75 Å². The second kappa shape index (κ2) is 5.37. The molecule has 0 unspecified atom stereocenters. The molecule has 0 aliphatic rings. The van der Waals surface area contributed by atoms with Crippen LogP contribution in [0.1, 0.15) is 0 Å². The molecule has 2 rings (SSSR count). The Hall–Kier alpha value is -1.59. The molecule has 0 fully saturated rings. The van der Waals surface area contributed by atoms with E-state index < -0.39 is 4.92 Å². The molecular formula is C12H7BrClNO3. The Bertz CT molecular complexity index is 604. The zero-order valence-corrected chi connectivity index (χ0v) is 11.3. The van der Waals surface area contributed by atoms with Crippen LogP contribution in [0.5, 0.6) is 11.5 Å². The van der Waals surface area contributed by atoms with Gasteiger partial charge in [-0.3, -0.25) is 10.1 Å². The van der Waals surface area contributed by atoms with Gasteiger partial charge in [-0.15, -0.1) is 0 Å². The standard InChI is InChI=1S/C12H7BrClNO3/c13-9-3-1-2-4-11(9)18-12-7-8(14)5-6-10(12)15(16)17/h1-7H. The minimum atomic E-state index is -0.511. The van der Waals surface area contributed by atoms with Gasteiger partial charge in [0.2, 0.25) is 5.75 Å². The van der Waals surface area contributed by atoms with E-state index in [1.54, 1.807) is 18.2 Å². The topological polar surface area (TPSA) is 52.4 Å². The zero-order chi connectivity index (χ0) is 13.1. The largest absolute Gasteiger partial charge is 0.449 e. The fourth-order valence-corrected chi connectivity index (χ4v) is 1.89. The Balaban J connectivity index is 2.42. The normalized spacial score (nSPS) is 10.1. The first kappa shape index (κ1) is 12.9. The molecule has 4 nitrogen and oxygen atoms in total. The van der Waals surface area contributed by atoms with Crippen molar-refractivity contribution in [2.24, 2.45) is 0 Å². The molecule has 18 heavy (non-hydrogen) atoms. The second-order valence-corrected chi connectivity index (χ2v) is 4.69. The van der Waals surface area contributed by atoms with Gasteiger partial charge in [0, 0.05) is 17.2 Å². The molecule has 0 saturated carbocycles. The summed E-state index contributed by atoms with van der Waals surface area (Å²) in [4.78, 5) is 10.4.